The first kappa shape index (κ1) is 17.2. The second-order valence-corrected chi connectivity index (χ2v) is 5.89. The van der Waals surface area contributed by atoms with Crippen LogP contribution >= 0.6 is 0 Å². The molecule has 25 heavy (non-hydrogen) atoms. The van der Waals surface area contributed by atoms with Crippen LogP contribution in [0.5, 0.6) is 5.75 Å². The average Bonchev–Trinajstić information content (AvgIpc) is 3.09. The molecular weight excluding hydrogens is 318 g/mol. The van der Waals surface area contributed by atoms with Gasteiger partial charge in [-0.2, -0.15) is 9.61 Å². The van der Waals surface area contributed by atoms with Crippen LogP contribution < -0.4 is 9.64 Å². The lowest BCUT2D eigenvalue weighted by molar-refractivity contribution is 0.0818. The molecule has 2 heterocycles. The van der Waals surface area contributed by atoms with E-state index in [4.69, 9.17) is 9.47 Å². The molecule has 0 aliphatic heterocycles. The van der Waals surface area contributed by atoms with Gasteiger partial charge in [-0.15, -0.1) is 10.2 Å². The quantitative estimate of drug-likeness (QED) is 0.658. The van der Waals surface area contributed by atoms with Gasteiger partial charge in [-0.1, -0.05) is 0 Å². The summed E-state index contributed by atoms with van der Waals surface area (Å²) in [5, 5.41) is 12.8. The molecule has 0 saturated heterocycles. The fourth-order valence-electron chi connectivity index (χ4n) is 2.82. The molecule has 3 aromatic rings. The van der Waals surface area contributed by atoms with Gasteiger partial charge in [0.25, 0.3) is 0 Å². The van der Waals surface area contributed by atoms with Gasteiger partial charge in [0.05, 0.1) is 24.6 Å². The number of rotatable bonds is 7. The molecule has 0 amide bonds. The molecule has 0 bridgehead atoms. The summed E-state index contributed by atoms with van der Waals surface area (Å²) in [5.41, 5.74) is 3.54. The summed E-state index contributed by atoms with van der Waals surface area (Å²) in [6.07, 6.45) is 1.74. The largest absolute Gasteiger partial charge is 0.497 e. The fraction of sp³-hybridized carbons (Fsp3) is 0.389. The summed E-state index contributed by atoms with van der Waals surface area (Å²) < 4.78 is 12.6. The fourth-order valence-corrected chi connectivity index (χ4v) is 2.82. The number of ether oxygens (including phenoxy) is 2. The molecule has 7 heteroatoms. The second-order valence-electron chi connectivity index (χ2n) is 5.89. The van der Waals surface area contributed by atoms with Gasteiger partial charge in [0, 0.05) is 25.8 Å². The Balaban J connectivity index is 1.98. The maximum Gasteiger partial charge on any atom is 0.200 e. The van der Waals surface area contributed by atoms with Gasteiger partial charge in [0.2, 0.25) is 5.65 Å². The Morgan fingerprint density at radius 2 is 2.00 bits per heavy atom. The van der Waals surface area contributed by atoms with Crippen molar-refractivity contribution < 1.29 is 9.47 Å². The molecule has 7 nitrogen and oxygen atoms in total. The molecule has 0 aliphatic rings. The van der Waals surface area contributed by atoms with Crippen LogP contribution in [0.15, 0.2) is 36.7 Å². The van der Waals surface area contributed by atoms with E-state index in [2.05, 4.69) is 27.1 Å². The summed E-state index contributed by atoms with van der Waals surface area (Å²) in [4.78, 5) is 2.12. The predicted molar refractivity (Wildman–Crippen MR) is 97.1 cm³/mol. The molecule has 1 aromatic carbocycles. The number of hydrogen-bond acceptors (Lipinski definition) is 6. The molecule has 1 unspecified atom stereocenters. The van der Waals surface area contributed by atoms with E-state index in [0.29, 0.717) is 6.61 Å². The Kier molecular flexibility index (Phi) is 5.14. The highest BCUT2D eigenvalue weighted by molar-refractivity contribution is 5.74. The third kappa shape index (κ3) is 3.71. The third-order valence-corrected chi connectivity index (χ3v) is 4.03. The van der Waals surface area contributed by atoms with Crippen LogP contribution in [0.2, 0.25) is 0 Å². The zero-order chi connectivity index (χ0) is 17.8. The van der Waals surface area contributed by atoms with Crippen LogP contribution in [-0.4, -0.2) is 53.2 Å². The highest BCUT2D eigenvalue weighted by Crippen LogP contribution is 2.26. The van der Waals surface area contributed by atoms with Gasteiger partial charge in [-0.25, -0.2) is 0 Å². The minimum Gasteiger partial charge on any atom is -0.497 e. The lowest BCUT2D eigenvalue weighted by atomic mass is 10.1. The number of hydrogen-bond donors (Lipinski definition) is 0. The highest BCUT2D eigenvalue weighted by Gasteiger charge is 2.15. The Morgan fingerprint density at radius 1 is 1.24 bits per heavy atom. The van der Waals surface area contributed by atoms with Crippen molar-refractivity contribution in [2.45, 2.75) is 20.0 Å². The van der Waals surface area contributed by atoms with Crippen LogP contribution in [0, 0.1) is 0 Å². The number of benzene rings is 1. The van der Waals surface area contributed by atoms with Crippen LogP contribution in [0.1, 0.15) is 13.8 Å². The lowest BCUT2D eigenvalue weighted by Crippen LogP contribution is -2.29. The molecule has 2 aromatic heterocycles. The van der Waals surface area contributed by atoms with E-state index in [1.807, 2.05) is 44.3 Å². The average molecular weight is 341 g/mol. The predicted octanol–water partition coefficient (Wildman–Crippen LogP) is 2.66. The van der Waals surface area contributed by atoms with E-state index >= 15 is 0 Å². The monoisotopic (exact) mass is 341 g/mol. The van der Waals surface area contributed by atoms with Crippen molar-refractivity contribution in [3.05, 3.63) is 36.7 Å². The van der Waals surface area contributed by atoms with Crippen LogP contribution in [0.25, 0.3) is 16.9 Å². The van der Waals surface area contributed by atoms with Crippen molar-refractivity contribution in [3.8, 4) is 17.0 Å². The molecule has 132 valence electrons. The van der Waals surface area contributed by atoms with E-state index < -0.39 is 0 Å². The Bertz CT molecular complexity index is 831. The Morgan fingerprint density at radius 3 is 2.68 bits per heavy atom. The van der Waals surface area contributed by atoms with Crippen molar-refractivity contribution in [1.29, 1.82) is 0 Å². The first-order valence-corrected chi connectivity index (χ1v) is 8.30. The van der Waals surface area contributed by atoms with E-state index in [9.17, 15) is 0 Å². The number of likely N-dealkylation sites (N-methyl/N-ethyl adjacent to an activating group) is 1. The molecule has 0 N–H and O–H groups in total. The first-order valence-electron chi connectivity index (χ1n) is 8.30. The lowest BCUT2D eigenvalue weighted by Gasteiger charge is -2.23. The summed E-state index contributed by atoms with van der Waals surface area (Å²) in [6.45, 7) is 5.51. The van der Waals surface area contributed by atoms with Gasteiger partial charge in [0.15, 0.2) is 0 Å². The normalized spacial score (nSPS) is 12.3. The van der Waals surface area contributed by atoms with Gasteiger partial charge >= 0.3 is 0 Å². The van der Waals surface area contributed by atoms with Crippen molar-refractivity contribution in [3.63, 3.8) is 0 Å². The van der Waals surface area contributed by atoms with E-state index in [1.165, 1.54) is 0 Å². The zero-order valence-corrected chi connectivity index (χ0v) is 15.0. The standard InChI is InChI=1S/C18H23N5O2/c1-5-25-13(2)11-22(3)17-10-16(21-23-12-19-20-18(17)23)14-6-8-15(24-4)9-7-14/h6-10,12-13H,5,11H2,1-4H3. The highest BCUT2D eigenvalue weighted by atomic mass is 16.5. The van der Waals surface area contributed by atoms with Crippen molar-refractivity contribution >= 4 is 11.3 Å². The van der Waals surface area contributed by atoms with Crippen molar-refractivity contribution in [2.24, 2.45) is 0 Å². The zero-order valence-electron chi connectivity index (χ0n) is 15.0. The number of nitrogens with zero attached hydrogens (tertiary/aromatic N) is 5. The van der Waals surface area contributed by atoms with E-state index in [0.717, 1.165) is 34.9 Å². The van der Waals surface area contributed by atoms with Crippen molar-refractivity contribution in [2.75, 3.05) is 32.2 Å². The van der Waals surface area contributed by atoms with Crippen LogP contribution in [0.4, 0.5) is 5.69 Å². The van der Waals surface area contributed by atoms with Crippen LogP contribution in [-0.2, 0) is 4.74 Å². The number of anilines is 1. The molecule has 0 saturated carbocycles. The first-order chi connectivity index (χ1) is 12.1. The molecule has 3 rings (SSSR count). The van der Waals surface area contributed by atoms with Crippen LogP contribution in [0.3, 0.4) is 0 Å². The van der Waals surface area contributed by atoms with E-state index in [1.54, 1.807) is 18.0 Å². The minimum atomic E-state index is 0.121. The second kappa shape index (κ2) is 7.48. The summed E-state index contributed by atoms with van der Waals surface area (Å²) in [6, 6.07) is 9.86. The van der Waals surface area contributed by atoms with Gasteiger partial charge in [-0.05, 0) is 44.2 Å². The molecular formula is C18H23N5O2. The Hall–Kier alpha value is -2.67. The maximum absolute atomic E-state index is 5.65. The number of methoxy groups -OCH3 is 1. The number of fused-ring (bicyclic) bond motifs is 1. The molecule has 1 atom stereocenters. The molecule has 0 spiro atoms. The summed E-state index contributed by atoms with van der Waals surface area (Å²) in [5.74, 6) is 0.817. The van der Waals surface area contributed by atoms with E-state index in [-0.39, 0.29) is 6.10 Å². The topological polar surface area (TPSA) is 64.8 Å². The Labute approximate surface area is 147 Å². The summed E-state index contributed by atoms with van der Waals surface area (Å²) in [7, 11) is 3.68. The maximum atomic E-state index is 5.65. The van der Waals surface area contributed by atoms with Gasteiger partial charge in [-0.3, -0.25) is 0 Å². The summed E-state index contributed by atoms with van der Waals surface area (Å²) >= 11 is 0. The molecule has 0 fully saturated rings. The SMILES string of the molecule is CCOC(C)CN(C)c1cc(-c2ccc(OC)cc2)nn2cnnc12. The molecule has 0 radical (unpaired) electrons. The minimum absolute atomic E-state index is 0.121. The van der Waals surface area contributed by atoms with Crippen molar-refractivity contribution in [1.82, 2.24) is 19.8 Å². The number of aromatic nitrogens is 4. The smallest absolute Gasteiger partial charge is 0.200 e. The molecule has 0 aliphatic carbocycles. The van der Waals surface area contributed by atoms with Gasteiger partial charge < -0.3 is 14.4 Å². The third-order valence-electron chi connectivity index (χ3n) is 4.03. The van der Waals surface area contributed by atoms with Gasteiger partial charge in [0.1, 0.15) is 12.1 Å².